The maximum Gasteiger partial charge on any atom is 0.304 e. The molecule has 1 aliphatic heterocycles. The van der Waals surface area contributed by atoms with E-state index in [4.69, 9.17) is 0 Å². The summed E-state index contributed by atoms with van der Waals surface area (Å²) in [6, 6.07) is 4.66. The Morgan fingerprint density at radius 1 is 1.42 bits per heavy atom. The molecule has 0 saturated carbocycles. The molecule has 0 aliphatic carbocycles. The fourth-order valence-electron chi connectivity index (χ4n) is 2.63. The van der Waals surface area contributed by atoms with Crippen molar-refractivity contribution in [2.45, 2.75) is 39.3 Å². The van der Waals surface area contributed by atoms with Gasteiger partial charge in [-0.2, -0.15) is 4.39 Å². The van der Waals surface area contributed by atoms with Crippen molar-refractivity contribution < 1.29 is 9.31 Å². The molecule has 0 spiro atoms. The molecule has 1 aliphatic rings. The number of hydrogen-bond acceptors (Lipinski definition) is 3. The SMILES string of the molecule is CC1CCC(C)N(Cc2ccc([N+](=O)[O-])c(F)c2)C1. The van der Waals surface area contributed by atoms with Crippen LogP contribution in [0.1, 0.15) is 32.3 Å². The smallest absolute Gasteiger partial charge is 0.296 e. The number of nitro benzene ring substituents is 1. The number of piperidine rings is 1. The van der Waals surface area contributed by atoms with Gasteiger partial charge in [0.15, 0.2) is 0 Å². The second-order valence-electron chi connectivity index (χ2n) is 5.50. The van der Waals surface area contributed by atoms with Crippen molar-refractivity contribution in [2.75, 3.05) is 6.54 Å². The molecule has 0 N–H and O–H groups in total. The molecule has 0 amide bonds. The monoisotopic (exact) mass is 266 g/mol. The largest absolute Gasteiger partial charge is 0.304 e. The van der Waals surface area contributed by atoms with Crippen LogP contribution >= 0.6 is 0 Å². The highest BCUT2D eigenvalue weighted by molar-refractivity contribution is 5.35. The molecule has 104 valence electrons. The van der Waals surface area contributed by atoms with E-state index in [1.165, 1.54) is 18.6 Å². The van der Waals surface area contributed by atoms with Gasteiger partial charge in [0.2, 0.25) is 5.82 Å². The molecule has 0 radical (unpaired) electrons. The zero-order valence-corrected chi connectivity index (χ0v) is 11.3. The lowest BCUT2D eigenvalue weighted by Gasteiger charge is -2.36. The molecule has 1 fully saturated rings. The molecule has 1 aromatic rings. The van der Waals surface area contributed by atoms with Gasteiger partial charge in [-0.15, -0.1) is 0 Å². The Morgan fingerprint density at radius 3 is 2.79 bits per heavy atom. The second kappa shape index (κ2) is 5.65. The lowest BCUT2D eigenvalue weighted by Crippen LogP contribution is -2.40. The lowest BCUT2D eigenvalue weighted by atomic mass is 9.94. The maximum absolute atomic E-state index is 13.6. The second-order valence-corrected chi connectivity index (χ2v) is 5.50. The van der Waals surface area contributed by atoms with E-state index in [1.807, 2.05) is 0 Å². The lowest BCUT2D eigenvalue weighted by molar-refractivity contribution is -0.387. The molecule has 5 heteroatoms. The highest BCUT2D eigenvalue weighted by Gasteiger charge is 2.23. The summed E-state index contributed by atoms with van der Waals surface area (Å²) in [6.07, 6.45) is 2.38. The molecular formula is C14H19FN2O2. The quantitative estimate of drug-likeness (QED) is 0.622. The van der Waals surface area contributed by atoms with Crippen molar-refractivity contribution in [1.29, 1.82) is 0 Å². The molecule has 2 unspecified atom stereocenters. The van der Waals surface area contributed by atoms with Gasteiger partial charge in [-0.25, -0.2) is 0 Å². The van der Waals surface area contributed by atoms with Crippen LogP contribution in [-0.4, -0.2) is 22.4 Å². The number of hydrogen-bond donors (Lipinski definition) is 0. The first-order valence-electron chi connectivity index (χ1n) is 6.64. The van der Waals surface area contributed by atoms with Gasteiger partial charge < -0.3 is 0 Å². The van der Waals surface area contributed by atoms with Crippen LogP contribution < -0.4 is 0 Å². The minimum atomic E-state index is -0.750. The molecule has 4 nitrogen and oxygen atoms in total. The standard InChI is InChI=1S/C14H19FN2O2/c1-10-3-4-11(2)16(8-10)9-12-5-6-14(17(18)19)13(15)7-12/h5-7,10-11H,3-4,8-9H2,1-2H3. The van der Waals surface area contributed by atoms with Gasteiger partial charge >= 0.3 is 5.69 Å². The van der Waals surface area contributed by atoms with E-state index >= 15 is 0 Å². The van der Waals surface area contributed by atoms with E-state index in [0.29, 0.717) is 18.5 Å². The average molecular weight is 266 g/mol. The summed E-state index contributed by atoms with van der Waals surface area (Å²) < 4.78 is 13.6. The molecule has 1 heterocycles. The molecule has 0 aromatic heterocycles. The van der Waals surface area contributed by atoms with Crippen LogP contribution in [0.3, 0.4) is 0 Å². The minimum Gasteiger partial charge on any atom is -0.296 e. The summed E-state index contributed by atoms with van der Waals surface area (Å²) >= 11 is 0. The number of halogens is 1. The van der Waals surface area contributed by atoms with Gasteiger partial charge in [-0.3, -0.25) is 15.0 Å². The van der Waals surface area contributed by atoms with E-state index in [2.05, 4.69) is 18.7 Å². The summed E-state index contributed by atoms with van der Waals surface area (Å²) in [5.74, 6) is -0.0979. The van der Waals surface area contributed by atoms with Crippen LogP contribution in [0.25, 0.3) is 0 Å². The number of rotatable bonds is 3. The van der Waals surface area contributed by atoms with Crippen molar-refractivity contribution >= 4 is 5.69 Å². The molecule has 19 heavy (non-hydrogen) atoms. The third kappa shape index (κ3) is 3.29. The van der Waals surface area contributed by atoms with Crippen molar-refractivity contribution in [1.82, 2.24) is 4.90 Å². The topological polar surface area (TPSA) is 46.4 Å². The van der Waals surface area contributed by atoms with Gasteiger partial charge in [-0.1, -0.05) is 13.0 Å². The third-order valence-corrected chi connectivity index (χ3v) is 3.84. The Hall–Kier alpha value is -1.49. The van der Waals surface area contributed by atoms with Crippen molar-refractivity contribution in [3.05, 3.63) is 39.7 Å². The number of nitro groups is 1. The summed E-state index contributed by atoms with van der Waals surface area (Å²) in [6.45, 7) is 6.04. The maximum atomic E-state index is 13.6. The van der Waals surface area contributed by atoms with E-state index < -0.39 is 16.4 Å². The summed E-state index contributed by atoms with van der Waals surface area (Å²) in [5.41, 5.74) is 0.341. The first-order chi connectivity index (χ1) is 8.97. The predicted molar refractivity (Wildman–Crippen MR) is 71.3 cm³/mol. The zero-order chi connectivity index (χ0) is 14.0. The van der Waals surface area contributed by atoms with Gasteiger partial charge in [0.25, 0.3) is 0 Å². The third-order valence-electron chi connectivity index (χ3n) is 3.84. The predicted octanol–water partition coefficient (Wildman–Crippen LogP) is 3.35. The zero-order valence-electron chi connectivity index (χ0n) is 11.3. The Kier molecular flexibility index (Phi) is 4.14. The fourth-order valence-corrected chi connectivity index (χ4v) is 2.63. The van der Waals surface area contributed by atoms with Crippen LogP contribution in [0.15, 0.2) is 18.2 Å². The molecule has 2 atom stereocenters. The van der Waals surface area contributed by atoms with Crippen LogP contribution in [0.2, 0.25) is 0 Å². The molecular weight excluding hydrogens is 247 g/mol. The van der Waals surface area contributed by atoms with Crippen molar-refractivity contribution in [3.8, 4) is 0 Å². The van der Waals surface area contributed by atoms with Crippen LogP contribution in [0.5, 0.6) is 0 Å². The van der Waals surface area contributed by atoms with Crippen molar-refractivity contribution in [3.63, 3.8) is 0 Å². The summed E-state index contributed by atoms with van der Waals surface area (Å²) in [4.78, 5) is 12.2. The van der Waals surface area contributed by atoms with E-state index in [0.717, 1.165) is 18.5 Å². The highest BCUT2D eigenvalue weighted by atomic mass is 19.1. The number of benzene rings is 1. The first kappa shape index (κ1) is 13.9. The van der Waals surface area contributed by atoms with E-state index in [9.17, 15) is 14.5 Å². The van der Waals surface area contributed by atoms with Gasteiger partial charge in [0, 0.05) is 25.2 Å². The molecule has 2 rings (SSSR count). The van der Waals surface area contributed by atoms with Gasteiger partial charge in [-0.05, 0) is 37.3 Å². The van der Waals surface area contributed by atoms with Gasteiger partial charge in [0.1, 0.15) is 0 Å². The molecule has 0 bridgehead atoms. The van der Waals surface area contributed by atoms with E-state index in [1.54, 1.807) is 6.07 Å². The fraction of sp³-hybridized carbons (Fsp3) is 0.571. The van der Waals surface area contributed by atoms with Crippen LogP contribution in [-0.2, 0) is 6.54 Å². The highest BCUT2D eigenvalue weighted by Crippen LogP contribution is 2.24. The normalized spacial score (nSPS) is 24.4. The van der Waals surface area contributed by atoms with Crippen molar-refractivity contribution in [2.24, 2.45) is 5.92 Å². The Balaban J connectivity index is 2.10. The Labute approximate surface area is 112 Å². The summed E-state index contributed by atoms with van der Waals surface area (Å²) in [5, 5.41) is 10.6. The molecule has 1 saturated heterocycles. The van der Waals surface area contributed by atoms with Crippen LogP contribution in [0.4, 0.5) is 10.1 Å². The average Bonchev–Trinajstić information content (AvgIpc) is 2.33. The number of nitrogens with zero attached hydrogens (tertiary/aromatic N) is 2. The molecule has 1 aromatic carbocycles. The Morgan fingerprint density at radius 2 is 2.16 bits per heavy atom. The van der Waals surface area contributed by atoms with Crippen LogP contribution in [0, 0.1) is 21.8 Å². The van der Waals surface area contributed by atoms with E-state index in [-0.39, 0.29) is 0 Å². The Bertz CT molecular complexity index is 479. The first-order valence-corrected chi connectivity index (χ1v) is 6.64. The number of likely N-dealkylation sites (tertiary alicyclic amines) is 1. The van der Waals surface area contributed by atoms with Gasteiger partial charge in [0.05, 0.1) is 4.92 Å². The summed E-state index contributed by atoms with van der Waals surface area (Å²) in [7, 11) is 0. The minimum absolute atomic E-state index is 0.455.